The Morgan fingerprint density at radius 3 is 2.09 bits per heavy atom. The van der Waals surface area contributed by atoms with Gasteiger partial charge >= 0.3 is 17.9 Å². The third-order valence-corrected chi connectivity index (χ3v) is 6.98. The van der Waals surface area contributed by atoms with Crippen molar-refractivity contribution in [3.05, 3.63) is 83.0 Å². The molecule has 44 heavy (non-hydrogen) atoms. The Labute approximate surface area is 251 Å². The molecule has 5 rings (SSSR count). The zero-order chi connectivity index (χ0) is 31.2. The number of carbonyl (C=O) groups is 3. The van der Waals surface area contributed by atoms with Gasteiger partial charge in [0.15, 0.2) is 35.4 Å². The highest BCUT2D eigenvalue weighted by molar-refractivity contribution is 5.84. The van der Waals surface area contributed by atoms with E-state index in [0.29, 0.717) is 6.54 Å². The van der Waals surface area contributed by atoms with Crippen molar-refractivity contribution in [2.75, 3.05) is 18.5 Å². The predicted molar refractivity (Wildman–Crippen MR) is 156 cm³/mol. The molecule has 0 amide bonds. The van der Waals surface area contributed by atoms with Gasteiger partial charge in [0.25, 0.3) is 5.95 Å². The largest absolute Gasteiger partial charge is 0.463 e. The number of anilines is 1. The van der Waals surface area contributed by atoms with Gasteiger partial charge < -0.3 is 24.3 Å². The summed E-state index contributed by atoms with van der Waals surface area (Å²) in [4.78, 5) is 60.3. The van der Waals surface area contributed by atoms with Crippen LogP contribution in [0.1, 0.15) is 44.0 Å². The van der Waals surface area contributed by atoms with Gasteiger partial charge in [-0.15, -0.1) is 4.91 Å². The monoisotopic (exact) mass is 602 g/mol. The van der Waals surface area contributed by atoms with E-state index >= 15 is 0 Å². The topological polar surface area (TPSA) is 173 Å². The number of imidazole rings is 1. The van der Waals surface area contributed by atoms with Gasteiger partial charge in [-0.3, -0.25) is 19.0 Å². The third-order valence-electron chi connectivity index (χ3n) is 6.98. The van der Waals surface area contributed by atoms with Crippen LogP contribution in [0.2, 0.25) is 0 Å². The second-order valence-corrected chi connectivity index (χ2v) is 10.1. The summed E-state index contributed by atoms with van der Waals surface area (Å²) in [5, 5.41) is 6.26. The maximum atomic E-state index is 12.1. The third kappa shape index (κ3) is 6.70. The number of hydrogen-bond donors (Lipinski definition) is 1. The fourth-order valence-corrected chi connectivity index (χ4v) is 5.17. The summed E-state index contributed by atoms with van der Waals surface area (Å²) in [7, 11) is 0. The highest BCUT2D eigenvalue weighted by Gasteiger charge is 2.51. The molecule has 1 fully saturated rings. The summed E-state index contributed by atoms with van der Waals surface area (Å²) in [6.07, 6.45) is -3.04. The number of carbonyl (C=O) groups excluding carboxylic acids is 3. The molecule has 3 heterocycles. The zero-order valence-electron chi connectivity index (χ0n) is 24.2. The van der Waals surface area contributed by atoms with Crippen LogP contribution >= 0.6 is 0 Å². The molecule has 0 saturated carbocycles. The van der Waals surface area contributed by atoms with E-state index in [1.165, 1.54) is 31.7 Å². The van der Waals surface area contributed by atoms with Crippen molar-refractivity contribution in [3.63, 3.8) is 0 Å². The molecule has 0 unspecified atom stereocenters. The summed E-state index contributed by atoms with van der Waals surface area (Å²) in [6, 6.07) is 19.8. The fraction of sp³-hybridized carbons (Fsp3) is 0.333. The number of nitrogens with one attached hydrogen (secondary N) is 1. The van der Waals surface area contributed by atoms with Crippen LogP contribution in [0.5, 0.6) is 0 Å². The second kappa shape index (κ2) is 13.4. The smallest absolute Gasteiger partial charge is 0.303 e. The Morgan fingerprint density at radius 2 is 1.52 bits per heavy atom. The maximum Gasteiger partial charge on any atom is 0.303 e. The quantitative estimate of drug-likeness (QED) is 0.150. The lowest BCUT2D eigenvalue weighted by Gasteiger charge is -2.23. The van der Waals surface area contributed by atoms with Crippen LogP contribution in [0.3, 0.4) is 0 Å². The van der Waals surface area contributed by atoms with Gasteiger partial charge in [-0.2, -0.15) is 9.97 Å². The van der Waals surface area contributed by atoms with Crippen LogP contribution in [0.15, 0.2) is 72.2 Å². The Balaban J connectivity index is 1.51. The summed E-state index contributed by atoms with van der Waals surface area (Å²) in [6.45, 7) is 3.72. The number of benzene rings is 2. The molecule has 14 heteroatoms. The van der Waals surface area contributed by atoms with Gasteiger partial charge in [0.2, 0.25) is 0 Å². The SMILES string of the molecule is CC(=O)OC[C@H]1O[C@@H](n2cnc3c(NCC(c4ccccc4)c4ccccc4)nc(N=O)nc32)[C@H](OC(C)=O)[C@@H]1OC(C)=O. The molecule has 1 aliphatic heterocycles. The van der Waals surface area contributed by atoms with Crippen molar-refractivity contribution in [2.24, 2.45) is 5.18 Å². The number of fused-ring (bicyclic) bond motifs is 1. The number of nitrogens with zero attached hydrogens (tertiary/aromatic N) is 5. The molecule has 2 aromatic carbocycles. The van der Waals surface area contributed by atoms with E-state index in [-0.39, 0.29) is 35.5 Å². The van der Waals surface area contributed by atoms with Crippen molar-refractivity contribution in [1.82, 2.24) is 19.5 Å². The van der Waals surface area contributed by atoms with Gasteiger partial charge in [-0.05, 0) is 11.1 Å². The number of ether oxygens (including phenoxy) is 4. The van der Waals surface area contributed by atoms with Crippen LogP contribution in [0, 0.1) is 4.91 Å². The molecule has 2 aromatic heterocycles. The minimum atomic E-state index is -1.17. The Bertz CT molecular complexity index is 1610. The summed E-state index contributed by atoms with van der Waals surface area (Å²) >= 11 is 0. The molecule has 1 saturated heterocycles. The Hall–Kier alpha value is -5.24. The minimum Gasteiger partial charge on any atom is -0.463 e. The molecule has 0 spiro atoms. The van der Waals surface area contributed by atoms with Gasteiger partial charge in [0, 0.05) is 38.4 Å². The number of rotatable bonds is 11. The lowest BCUT2D eigenvalue weighted by molar-refractivity contribution is -0.166. The molecule has 4 aromatic rings. The molecule has 0 bridgehead atoms. The van der Waals surface area contributed by atoms with E-state index in [1.54, 1.807) is 0 Å². The molecule has 4 atom stereocenters. The number of nitroso groups, excluding NO2 is 1. The Morgan fingerprint density at radius 1 is 0.909 bits per heavy atom. The predicted octanol–water partition coefficient (Wildman–Crippen LogP) is 3.79. The van der Waals surface area contributed by atoms with Gasteiger partial charge in [-0.1, -0.05) is 60.7 Å². The molecule has 14 nitrogen and oxygen atoms in total. The van der Waals surface area contributed by atoms with Crippen LogP contribution in [-0.2, 0) is 33.3 Å². The average molecular weight is 603 g/mol. The van der Waals surface area contributed by atoms with Crippen molar-refractivity contribution >= 4 is 40.8 Å². The summed E-state index contributed by atoms with van der Waals surface area (Å²) < 4.78 is 23.7. The van der Waals surface area contributed by atoms with Crippen molar-refractivity contribution in [2.45, 2.75) is 51.2 Å². The summed E-state index contributed by atoms with van der Waals surface area (Å²) in [5.74, 6) is -2.10. The number of esters is 3. The minimum absolute atomic E-state index is 0.0739. The molecule has 0 aliphatic carbocycles. The molecular formula is C30H30N6O8. The highest BCUT2D eigenvalue weighted by atomic mass is 16.7. The van der Waals surface area contributed by atoms with E-state index in [1.807, 2.05) is 60.7 Å². The normalized spacial score (nSPS) is 19.5. The van der Waals surface area contributed by atoms with E-state index in [9.17, 15) is 19.3 Å². The first-order valence-corrected chi connectivity index (χ1v) is 13.8. The first kappa shape index (κ1) is 30.2. The van der Waals surface area contributed by atoms with E-state index in [0.717, 1.165) is 11.1 Å². The number of hydrogen-bond acceptors (Lipinski definition) is 13. The molecule has 0 radical (unpaired) electrons. The molecule has 1 N–H and O–H groups in total. The second-order valence-electron chi connectivity index (χ2n) is 10.1. The maximum absolute atomic E-state index is 12.1. The lowest BCUT2D eigenvalue weighted by atomic mass is 9.91. The molecular weight excluding hydrogens is 572 g/mol. The van der Waals surface area contributed by atoms with Crippen molar-refractivity contribution in [3.8, 4) is 0 Å². The Kier molecular flexibility index (Phi) is 9.19. The van der Waals surface area contributed by atoms with Crippen LogP contribution in [0.4, 0.5) is 11.8 Å². The fourth-order valence-electron chi connectivity index (χ4n) is 5.17. The average Bonchev–Trinajstić information content (AvgIpc) is 3.57. The standard InChI is InChI=1S/C30H30N6O8/c1-17(37)41-15-23-25(42-18(2)38)26(43-19(3)39)29(44-23)36-16-32-24-27(33-30(35-40)34-28(24)36)31-14-22(20-10-6-4-7-11-20)21-12-8-5-9-13-21/h4-13,16,22-23,25-26,29H,14-15H2,1-3H3,(H,31,33,34)/t23-,25-,26-,29-/m1/s1. The first-order valence-electron chi connectivity index (χ1n) is 13.8. The van der Waals surface area contributed by atoms with E-state index < -0.39 is 42.4 Å². The van der Waals surface area contributed by atoms with Gasteiger partial charge in [-0.25, -0.2) is 4.98 Å². The molecule has 1 aliphatic rings. The van der Waals surface area contributed by atoms with Crippen LogP contribution < -0.4 is 5.32 Å². The number of aromatic nitrogens is 4. The zero-order valence-corrected chi connectivity index (χ0v) is 24.2. The first-order chi connectivity index (χ1) is 21.2. The van der Waals surface area contributed by atoms with Gasteiger partial charge in [0.05, 0.1) is 6.33 Å². The van der Waals surface area contributed by atoms with Crippen LogP contribution in [-0.4, -0.2) is 68.9 Å². The summed E-state index contributed by atoms with van der Waals surface area (Å²) in [5.41, 5.74) is 2.56. The van der Waals surface area contributed by atoms with Crippen LogP contribution in [0.25, 0.3) is 11.2 Å². The van der Waals surface area contributed by atoms with Gasteiger partial charge in [0.1, 0.15) is 12.7 Å². The highest BCUT2D eigenvalue weighted by Crippen LogP contribution is 2.37. The lowest BCUT2D eigenvalue weighted by Crippen LogP contribution is -2.40. The van der Waals surface area contributed by atoms with E-state index in [2.05, 4.69) is 25.4 Å². The molecule has 228 valence electrons. The van der Waals surface area contributed by atoms with E-state index in [4.69, 9.17) is 18.9 Å². The van der Waals surface area contributed by atoms with Crippen molar-refractivity contribution in [1.29, 1.82) is 0 Å². The van der Waals surface area contributed by atoms with Crippen molar-refractivity contribution < 1.29 is 33.3 Å².